The summed E-state index contributed by atoms with van der Waals surface area (Å²) in [5, 5.41) is 15.4. The molecule has 0 aliphatic carbocycles. The molecule has 0 saturated carbocycles. The fourth-order valence-corrected chi connectivity index (χ4v) is 7.35. The van der Waals surface area contributed by atoms with Crippen molar-refractivity contribution >= 4 is 66.0 Å². The predicted octanol–water partition coefficient (Wildman–Crippen LogP) is 13.5. The minimum atomic E-state index is -4.55. The number of hydrogen-bond donors (Lipinski definition) is 0. The number of hydrogen-bond acceptors (Lipinski definition) is 13. The molecule has 77 heavy (non-hydrogen) atoms. The first-order valence-electron chi connectivity index (χ1n) is 23.1. The van der Waals surface area contributed by atoms with Gasteiger partial charge in [0.15, 0.2) is 0 Å². The van der Waals surface area contributed by atoms with E-state index in [2.05, 4.69) is 159 Å². The van der Waals surface area contributed by atoms with Crippen LogP contribution in [0, 0.1) is 0 Å². The Morgan fingerprint density at radius 2 is 1.01 bits per heavy atom. The van der Waals surface area contributed by atoms with Crippen molar-refractivity contribution in [2.75, 3.05) is 4.90 Å². The van der Waals surface area contributed by atoms with Crippen LogP contribution in [-0.2, 0) is 60.3 Å². The molecule has 8 aromatic rings. The van der Waals surface area contributed by atoms with E-state index in [9.17, 15) is 27.6 Å². The Bertz CT molecular complexity index is 3210. The van der Waals surface area contributed by atoms with Gasteiger partial charge in [-0.15, -0.1) is 0 Å². The van der Waals surface area contributed by atoms with E-state index in [0.29, 0.717) is 47.9 Å². The molecule has 0 radical (unpaired) electrons. The molecule has 0 aliphatic rings. The molecule has 0 unspecified atom stereocenters. The van der Waals surface area contributed by atoms with Gasteiger partial charge in [0.2, 0.25) is 0 Å². The Hall–Kier alpha value is -8.63. The maximum atomic E-state index is 13.0. The van der Waals surface area contributed by atoms with Crippen LogP contribution in [0.25, 0.3) is 62.9 Å². The molecule has 0 amide bonds. The Morgan fingerprint density at radius 3 is 1.43 bits per heavy atom. The topological polar surface area (TPSA) is 183 Å². The Kier molecular flexibility index (Phi) is 21.0. The third-order valence-corrected chi connectivity index (χ3v) is 11.2. The van der Waals surface area contributed by atoms with Gasteiger partial charge in [-0.2, -0.15) is 18.3 Å². The van der Waals surface area contributed by atoms with Crippen LogP contribution in [0.15, 0.2) is 159 Å². The number of isothiocyanates is 1. The molecule has 0 fully saturated rings. The maximum absolute atomic E-state index is 13.0. The van der Waals surface area contributed by atoms with Crippen molar-refractivity contribution in [3.63, 3.8) is 0 Å². The van der Waals surface area contributed by atoms with Crippen LogP contribution in [0.5, 0.6) is 5.75 Å². The van der Waals surface area contributed by atoms with Crippen LogP contribution in [0.4, 0.5) is 30.2 Å². The number of anilines is 3. The van der Waals surface area contributed by atoms with Crippen LogP contribution in [0.2, 0.25) is 0 Å². The normalized spacial score (nSPS) is 11.2. The molecule has 19 heteroatoms. The summed E-state index contributed by atoms with van der Waals surface area (Å²) in [5.74, 6) is 0.258. The quantitative estimate of drug-likeness (QED) is 0.0311. The van der Waals surface area contributed by atoms with Gasteiger partial charge in [-0.1, -0.05) is 95.9 Å². The van der Waals surface area contributed by atoms with Crippen molar-refractivity contribution in [3.8, 4) is 51.0 Å². The molecule has 0 atom stereocenters. The van der Waals surface area contributed by atoms with Gasteiger partial charge in [-0.3, -0.25) is 29.3 Å². The first-order valence-corrected chi connectivity index (χ1v) is 23.5. The zero-order valence-corrected chi connectivity index (χ0v) is 44.9. The Balaban J connectivity index is 0.000000278. The molecule has 392 valence electrons. The van der Waals surface area contributed by atoms with Crippen LogP contribution in [0.1, 0.15) is 69.5 Å². The van der Waals surface area contributed by atoms with Gasteiger partial charge in [0, 0.05) is 53.5 Å². The van der Waals surface area contributed by atoms with Crippen molar-refractivity contribution in [1.29, 1.82) is 0 Å². The van der Waals surface area contributed by atoms with Crippen LogP contribution >= 0.6 is 12.2 Å². The molecule has 8 rings (SSSR count). The first kappa shape index (κ1) is 59.3. The van der Waals surface area contributed by atoms with E-state index >= 15 is 0 Å². The number of rotatable bonds is 15. The third kappa shape index (κ3) is 16.7. The second-order valence-corrected chi connectivity index (χ2v) is 18.6. The van der Waals surface area contributed by atoms with Crippen molar-refractivity contribution in [2.45, 2.75) is 58.5 Å². The Labute approximate surface area is 461 Å². The minimum absolute atomic E-state index is 0. The number of benzene rings is 3. The van der Waals surface area contributed by atoms with E-state index < -0.39 is 11.9 Å². The smallest absolute Gasteiger partial charge is 0.753 e. The molecule has 0 aliphatic heterocycles. The molecule has 3 aromatic carbocycles. The van der Waals surface area contributed by atoms with E-state index in [4.69, 9.17) is 10.1 Å². The largest absolute Gasteiger partial charge is 2.00 e. The van der Waals surface area contributed by atoms with Gasteiger partial charge in [0.05, 0.1) is 35.3 Å². The first-order chi connectivity index (χ1) is 36.3. The average Bonchev–Trinajstić information content (AvgIpc) is 3.92. The van der Waals surface area contributed by atoms with E-state index in [1.54, 1.807) is 73.2 Å². The number of ether oxygens (including phenoxy) is 3. The van der Waals surface area contributed by atoms with Crippen molar-refractivity contribution < 1.29 is 61.2 Å². The van der Waals surface area contributed by atoms with Crippen molar-refractivity contribution in [3.05, 3.63) is 192 Å². The van der Waals surface area contributed by atoms with Crippen LogP contribution < -0.4 is 14.7 Å². The summed E-state index contributed by atoms with van der Waals surface area (Å²) in [6.45, 7) is 14.2. The SMILES string of the molecule is CC(C)(C)c1ccc(N(c2ccc(-c3ccnc(-c4cc(C(F)(F)F)n[n-]4)c3)cc2)c2ccc(C(C)(C)C)cc2)cc1.O=CO/C=C/c1ccnc(-c2cc(OC=O)cc(-c3cc(/C=C/OC=O)ccn3)n2)c1.[N-]=C=S.[Ru+2]. The van der Waals surface area contributed by atoms with Gasteiger partial charge in [0.1, 0.15) is 11.4 Å². The number of carbonyl (C=O) groups excluding carboxylic acids is 3. The van der Waals surface area contributed by atoms with E-state index in [1.807, 2.05) is 18.2 Å². The molecular weight excluding hydrogens is 1090 g/mol. The molecule has 5 heterocycles. The van der Waals surface area contributed by atoms with Crippen LogP contribution in [0.3, 0.4) is 0 Å². The van der Waals surface area contributed by atoms with Gasteiger partial charge in [-0.25, -0.2) is 4.98 Å². The van der Waals surface area contributed by atoms with Gasteiger partial charge in [0.25, 0.3) is 19.4 Å². The molecule has 0 saturated heterocycles. The summed E-state index contributed by atoms with van der Waals surface area (Å²) < 4.78 is 53.2. The van der Waals surface area contributed by atoms with E-state index in [1.165, 1.54) is 28.8 Å². The summed E-state index contributed by atoms with van der Waals surface area (Å²) in [4.78, 5) is 51.1. The van der Waals surface area contributed by atoms with Crippen molar-refractivity contribution in [1.82, 2.24) is 30.1 Å². The summed E-state index contributed by atoms with van der Waals surface area (Å²) in [6, 6.07) is 39.9. The van der Waals surface area contributed by atoms with Crippen molar-refractivity contribution in [2.24, 2.45) is 0 Å². The molecule has 0 bridgehead atoms. The molecular formula is C58H49F3N8O6RuS. The maximum Gasteiger partial charge on any atom is 2.00 e. The van der Waals surface area contributed by atoms with Gasteiger partial charge in [-0.05, 0) is 135 Å². The monoisotopic (exact) mass is 1140 g/mol. The number of thiocarbonyl (C=S) groups is 1. The number of alkyl halides is 3. The standard InChI is InChI=1S/C35H34F3N4.C22H15N3O6.CNS.Ru/c1-33(2,3)25-9-15-28(16-10-25)42(29-17-11-26(12-18-29)34(4,5)6)27-13-7-23(8-14-27)24-19-20-39-30(21-24)31-22-32(41-40-31)35(36,37)38;26-13-29-7-3-16-1-5-23-19(9-16)21-11-18(31-15-28)12-22(25-21)20-10-17(2-6-24-20)4-8-30-14-27;2-1-3;/h7-22H,1-6H3;1-15H;;/q-1;;-1;+2/b;7-3+,8-4+;;. The predicted molar refractivity (Wildman–Crippen MR) is 289 cm³/mol. The number of nitrogens with zero attached hydrogens (tertiary/aromatic N) is 8. The molecule has 5 aromatic heterocycles. The number of carbonyl (C=O) groups is 3. The molecule has 0 N–H and O–H groups in total. The summed E-state index contributed by atoms with van der Waals surface area (Å²) in [5.41, 5.74) is 10.1. The van der Waals surface area contributed by atoms with Gasteiger partial charge < -0.3 is 34.7 Å². The van der Waals surface area contributed by atoms with Gasteiger partial charge >= 0.3 is 25.7 Å². The second kappa shape index (κ2) is 27.2. The third-order valence-electron chi connectivity index (χ3n) is 11.2. The number of pyridine rings is 4. The zero-order chi connectivity index (χ0) is 54.9. The zero-order valence-electron chi connectivity index (χ0n) is 42.3. The second-order valence-electron chi connectivity index (χ2n) is 18.4. The van der Waals surface area contributed by atoms with Crippen LogP contribution in [-0.4, -0.2) is 49.6 Å². The molecule has 14 nitrogen and oxygen atoms in total. The number of halogens is 3. The molecule has 0 spiro atoms. The fourth-order valence-electron chi connectivity index (χ4n) is 7.35. The van der Waals surface area contributed by atoms with E-state index in [-0.39, 0.29) is 41.8 Å². The van der Waals surface area contributed by atoms with E-state index in [0.717, 1.165) is 45.4 Å². The minimum Gasteiger partial charge on any atom is -0.753 e. The average molecular weight is 1140 g/mol. The Morgan fingerprint density at radius 1 is 0.571 bits per heavy atom. The number of aromatic nitrogens is 6. The summed E-state index contributed by atoms with van der Waals surface area (Å²) >= 11 is 3.70. The summed E-state index contributed by atoms with van der Waals surface area (Å²) in [7, 11) is 0. The fraction of sp³-hybridized carbons (Fsp3) is 0.155. The summed E-state index contributed by atoms with van der Waals surface area (Å²) in [6.07, 6.45) is 5.83.